The lowest BCUT2D eigenvalue weighted by Gasteiger charge is -1.92. The van der Waals surface area contributed by atoms with E-state index in [1.807, 2.05) is 0 Å². The minimum atomic E-state index is -0.0995. The maximum absolute atomic E-state index is 5.25. The third-order valence-electron chi connectivity index (χ3n) is 0.422. The zero-order chi connectivity index (χ0) is 5.86. The molecule has 0 saturated carbocycles. The molecule has 0 saturated heterocycles. The van der Waals surface area contributed by atoms with Crippen molar-refractivity contribution in [2.45, 2.75) is 11.9 Å². The minimum Gasteiger partial charge on any atom is -0.402 e. The van der Waals surface area contributed by atoms with E-state index in [9.17, 15) is 0 Å². The molecule has 0 aromatic carbocycles. The molecule has 0 heterocycles. The summed E-state index contributed by atoms with van der Waals surface area (Å²) >= 11 is 3.10. The summed E-state index contributed by atoms with van der Waals surface area (Å²) in [5.74, 6) is 0. The summed E-state index contributed by atoms with van der Waals surface area (Å²) in [5, 5.41) is 0. The van der Waals surface area contributed by atoms with E-state index < -0.39 is 0 Å². The second-order valence-corrected chi connectivity index (χ2v) is 2.41. The van der Waals surface area contributed by atoms with Gasteiger partial charge in [-0.15, -0.1) is 0 Å². The fourth-order valence-electron chi connectivity index (χ4n) is 0.251. The van der Waals surface area contributed by atoms with Crippen LogP contribution >= 0.6 is 15.9 Å². The van der Waals surface area contributed by atoms with Crippen LogP contribution in [0.1, 0.15) is 6.92 Å². The molecule has 1 atom stereocenters. The van der Waals surface area contributed by atoms with Crippen molar-refractivity contribution in [3.8, 4) is 0 Å². The van der Waals surface area contributed by atoms with E-state index in [0.717, 1.165) is 5.70 Å². The normalized spacial score (nSPS) is 16.7. The molecule has 0 rings (SSSR count). The Labute approximate surface area is 51.7 Å². The topological polar surface area (TPSA) is 52.0 Å². The molecule has 7 heavy (non-hydrogen) atoms. The Morgan fingerprint density at radius 3 is 2.29 bits per heavy atom. The second-order valence-electron chi connectivity index (χ2n) is 1.36. The molecule has 0 radical (unpaired) electrons. The van der Waals surface area contributed by atoms with Crippen molar-refractivity contribution in [3.63, 3.8) is 0 Å². The van der Waals surface area contributed by atoms with Crippen molar-refractivity contribution in [1.82, 2.24) is 0 Å². The van der Waals surface area contributed by atoms with Crippen LogP contribution in [0.15, 0.2) is 11.8 Å². The van der Waals surface area contributed by atoms with Crippen LogP contribution in [-0.4, -0.2) is 4.95 Å². The lowest BCUT2D eigenvalue weighted by atomic mass is 10.4. The first-order chi connectivity index (χ1) is 3.13. The summed E-state index contributed by atoms with van der Waals surface area (Å²) in [6.07, 6.45) is 1.72. The minimum absolute atomic E-state index is 0.0995. The third kappa shape index (κ3) is 5.98. The van der Waals surface area contributed by atoms with E-state index in [2.05, 4.69) is 15.9 Å². The Balaban J connectivity index is 3.45. The number of allylic oxidation sites excluding steroid dienone is 1. The van der Waals surface area contributed by atoms with Gasteiger partial charge < -0.3 is 11.5 Å². The molecule has 0 spiro atoms. The molecular formula is C4H9BrN2. The Morgan fingerprint density at radius 2 is 2.29 bits per heavy atom. The monoisotopic (exact) mass is 164 g/mol. The highest BCUT2D eigenvalue weighted by Gasteiger charge is 1.84. The first kappa shape index (κ1) is 6.98. The van der Waals surface area contributed by atoms with Gasteiger partial charge in [0, 0.05) is 5.70 Å². The SMILES string of the molecule is C/C(N)=C/C(N)Br. The van der Waals surface area contributed by atoms with Crippen LogP contribution in [0.25, 0.3) is 0 Å². The molecule has 1 unspecified atom stereocenters. The summed E-state index contributed by atoms with van der Waals surface area (Å²) < 4.78 is 0. The summed E-state index contributed by atoms with van der Waals surface area (Å²) in [7, 11) is 0. The highest BCUT2D eigenvalue weighted by atomic mass is 79.9. The van der Waals surface area contributed by atoms with Gasteiger partial charge in [0.15, 0.2) is 0 Å². The van der Waals surface area contributed by atoms with Crippen LogP contribution in [0.2, 0.25) is 0 Å². The fourth-order valence-corrected chi connectivity index (χ4v) is 0.668. The number of rotatable bonds is 1. The van der Waals surface area contributed by atoms with Gasteiger partial charge in [-0.05, 0) is 13.0 Å². The highest BCUT2D eigenvalue weighted by Crippen LogP contribution is 1.92. The Kier molecular flexibility index (Phi) is 3.04. The van der Waals surface area contributed by atoms with Crippen LogP contribution in [0, 0.1) is 0 Å². The zero-order valence-electron chi connectivity index (χ0n) is 4.19. The van der Waals surface area contributed by atoms with Gasteiger partial charge in [-0.25, -0.2) is 0 Å². The summed E-state index contributed by atoms with van der Waals surface area (Å²) in [6, 6.07) is 0. The summed E-state index contributed by atoms with van der Waals surface area (Å²) in [5.41, 5.74) is 11.2. The number of nitrogens with two attached hydrogens (primary N) is 2. The molecule has 4 N–H and O–H groups in total. The lowest BCUT2D eigenvalue weighted by Crippen LogP contribution is -2.09. The van der Waals surface area contributed by atoms with Crippen LogP contribution in [-0.2, 0) is 0 Å². The van der Waals surface area contributed by atoms with Gasteiger partial charge in [-0.2, -0.15) is 0 Å². The van der Waals surface area contributed by atoms with E-state index in [1.54, 1.807) is 13.0 Å². The van der Waals surface area contributed by atoms with Crippen LogP contribution in [0.4, 0.5) is 0 Å². The van der Waals surface area contributed by atoms with Crippen molar-refractivity contribution in [2.75, 3.05) is 0 Å². The maximum atomic E-state index is 5.25. The van der Waals surface area contributed by atoms with E-state index >= 15 is 0 Å². The molecular weight excluding hydrogens is 156 g/mol. The quantitative estimate of drug-likeness (QED) is 0.439. The highest BCUT2D eigenvalue weighted by molar-refractivity contribution is 9.09. The predicted octanol–water partition coefficient (Wildman–Crippen LogP) is 0.529. The largest absolute Gasteiger partial charge is 0.402 e. The van der Waals surface area contributed by atoms with Crippen molar-refractivity contribution in [2.24, 2.45) is 11.5 Å². The van der Waals surface area contributed by atoms with E-state index in [-0.39, 0.29) is 4.95 Å². The predicted molar refractivity (Wildman–Crippen MR) is 34.8 cm³/mol. The van der Waals surface area contributed by atoms with Crippen LogP contribution in [0.3, 0.4) is 0 Å². The van der Waals surface area contributed by atoms with Crippen molar-refractivity contribution in [3.05, 3.63) is 11.8 Å². The average molecular weight is 165 g/mol. The van der Waals surface area contributed by atoms with Gasteiger partial charge in [0.05, 0.1) is 4.95 Å². The molecule has 42 valence electrons. The van der Waals surface area contributed by atoms with Gasteiger partial charge in [-0.1, -0.05) is 15.9 Å². The van der Waals surface area contributed by atoms with Crippen LogP contribution < -0.4 is 11.5 Å². The summed E-state index contributed by atoms with van der Waals surface area (Å²) in [4.78, 5) is -0.0995. The molecule has 2 nitrogen and oxygen atoms in total. The molecule has 0 aromatic rings. The van der Waals surface area contributed by atoms with Crippen molar-refractivity contribution >= 4 is 15.9 Å². The van der Waals surface area contributed by atoms with Gasteiger partial charge in [-0.3, -0.25) is 0 Å². The van der Waals surface area contributed by atoms with Gasteiger partial charge >= 0.3 is 0 Å². The molecule has 0 fully saturated rings. The fraction of sp³-hybridized carbons (Fsp3) is 0.500. The van der Waals surface area contributed by atoms with Gasteiger partial charge in [0.25, 0.3) is 0 Å². The number of halogens is 1. The van der Waals surface area contributed by atoms with Crippen molar-refractivity contribution in [1.29, 1.82) is 0 Å². The third-order valence-corrected chi connectivity index (χ3v) is 0.686. The van der Waals surface area contributed by atoms with Gasteiger partial charge in [0.1, 0.15) is 0 Å². The van der Waals surface area contributed by atoms with E-state index in [4.69, 9.17) is 11.5 Å². The number of hydrogen-bond acceptors (Lipinski definition) is 2. The maximum Gasteiger partial charge on any atom is 0.0810 e. The van der Waals surface area contributed by atoms with Crippen molar-refractivity contribution < 1.29 is 0 Å². The molecule has 0 aliphatic carbocycles. The van der Waals surface area contributed by atoms with Gasteiger partial charge in [0.2, 0.25) is 0 Å². The van der Waals surface area contributed by atoms with E-state index in [0.29, 0.717) is 0 Å². The Hall–Kier alpha value is -0.0200. The molecule has 0 aliphatic heterocycles. The van der Waals surface area contributed by atoms with E-state index in [1.165, 1.54) is 0 Å². The molecule has 0 amide bonds. The zero-order valence-corrected chi connectivity index (χ0v) is 5.77. The van der Waals surface area contributed by atoms with Crippen LogP contribution in [0.5, 0.6) is 0 Å². The molecule has 0 bridgehead atoms. The Morgan fingerprint density at radius 1 is 1.86 bits per heavy atom. The Bertz CT molecular complexity index is 73.8. The molecule has 0 aromatic heterocycles. The summed E-state index contributed by atoms with van der Waals surface area (Å²) in [6.45, 7) is 1.79. The number of hydrogen-bond donors (Lipinski definition) is 2. The number of alkyl halides is 1. The standard InChI is InChI=1S/C4H9BrN2/c1-3(6)2-4(5)7/h2,4H,6-7H2,1H3/b3-2-. The smallest absolute Gasteiger partial charge is 0.0810 e. The molecule has 3 heteroatoms. The lowest BCUT2D eigenvalue weighted by molar-refractivity contribution is 1.14. The molecule has 0 aliphatic rings. The first-order valence-corrected chi connectivity index (χ1v) is 2.88. The second kappa shape index (κ2) is 3.04. The average Bonchev–Trinajstić information content (AvgIpc) is 1.27. The first-order valence-electron chi connectivity index (χ1n) is 1.96.